The Morgan fingerprint density at radius 1 is 0.764 bits per heavy atom. The van der Waals surface area contributed by atoms with Crippen LogP contribution in [-0.4, -0.2) is 35.9 Å². The molecule has 0 atom stereocenters. The van der Waals surface area contributed by atoms with Crippen LogP contribution in [0.3, 0.4) is 0 Å². The Kier molecular flexibility index (Phi) is 8.63. The van der Waals surface area contributed by atoms with Gasteiger partial charge in [0.2, 0.25) is 0 Å². The van der Waals surface area contributed by atoms with Crippen LogP contribution in [0.15, 0.2) is 38.9 Å². The quantitative estimate of drug-likeness (QED) is 0.0964. The number of nitrogens with zero attached hydrogens (tertiary/aromatic N) is 4. The Bertz CT molecular complexity index is 2750. The number of nitrogen functional groups attached to an aromatic ring is 2. The molecule has 0 radical (unpaired) electrons. The molecule has 5 aliphatic rings. The summed E-state index contributed by atoms with van der Waals surface area (Å²) in [6.07, 6.45) is 9.54. The van der Waals surface area contributed by atoms with E-state index >= 15 is 0 Å². The number of H-pyrrole nitrogens is 1. The maximum atomic E-state index is 13.6. The van der Waals surface area contributed by atoms with E-state index in [1.54, 1.807) is 29.0 Å². The molecule has 0 saturated heterocycles. The van der Waals surface area contributed by atoms with Crippen LogP contribution in [0.4, 0.5) is 23.0 Å². The van der Waals surface area contributed by atoms with E-state index in [1.165, 1.54) is 18.5 Å². The number of anilines is 4. The summed E-state index contributed by atoms with van der Waals surface area (Å²) in [6, 6.07) is 3.07. The second kappa shape index (κ2) is 13.4. The minimum atomic E-state index is -1.97. The van der Waals surface area contributed by atoms with Gasteiger partial charge in [-0.3, -0.25) is 33.1 Å². The van der Waals surface area contributed by atoms with Crippen LogP contribution in [0.5, 0.6) is 0 Å². The van der Waals surface area contributed by atoms with Crippen LogP contribution >= 0.6 is 0 Å². The van der Waals surface area contributed by atoms with Gasteiger partial charge in [0.1, 0.15) is 45.6 Å². The fourth-order valence-corrected chi connectivity index (χ4v) is 9.21. The summed E-state index contributed by atoms with van der Waals surface area (Å²) >= 11 is 0. The van der Waals surface area contributed by atoms with E-state index in [0.29, 0.717) is 64.7 Å². The maximum absolute atomic E-state index is 13.6. The molecule has 282 valence electrons. The van der Waals surface area contributed by atoms with E-state index in [4.69, 9.17) is 14.2 Å². The van der Waals surface area contributed by atoms with Gasteiger partial charge < -0.3 is 32.4 Å². The third-order valence-electron chi connectivity index (χ3n) is 11.7. The minimum Gasteiger partial charge on any atom is -0.384 e. The van der Waals surface area contributed by atoms with Gasteiger partial charge in [0.15, 0.2) is 5.43 Å². The van der Waals surface area contributed by atoms with Crippen molar-refractivity contribution in [3.05, 3.63) is 89.1 Å². The van der Waals surface area contributed by atoms with Gasteiger partial charge in [-0.25, -0.2) is 9.97 Å². The molecule has 0 unspecified atom stereocenters. The van der Waals surface area contributed by atoms with E-state index in [0.717, 1.165) is 38.5 Å². The van der Waals surface area contributed by atoms with Crippen molar-refractivity contribution in [2.24, 2.45) is 0 Å². The predicted molar refractivity (Wildman–Crippen MR) is 207 cm³/mol. The van der Waals surface area contributed by atoms with Crippen LogP contribution < -0.4 is 44.0 Å². The van der Waals surface area contributed by atoms with Gasteiger partial charge >= 0.3 is 0 Å². The summed E-state index contributed by atoms with van der Waals surface area (Å²) in [7, 11) is 0. The Morgan fingerprint density at radius 3 is 1.93 bits per heavy atom. The van der Waals surface area contributed by atoms with Crippen molar-refractivity contribution in [1.82, 2.24) is 34.7 Å². The van der Waals surface area contributed by atoms with Crippen molar-refractivity contribution in [2.45, 2.75) is 103 Å². The molecule has 2 fully saturated rings. The molecule has 2 spiro atoms. The number of carbonyl (C=O) groups excluding carboxylic acids is 2. The first-order chi connectivity index (χ1) is 26.2. The Labute approximate surface area is 331 Å². The molecule has 55 heavy (non-hydrogen) atoms. The average molecular weight is 800 g/mol. The average Bonchev–Trinajstić information content (AvgIpc) is 3.58. The Balaban J connectivity index is 0.000000168. The Morgan fingerprint density at radius 2 is 1.31 bits per heavy atom. The normalized spacial score (nSPS) is 19.5. The van der Waals surface area contributed by atoms with E-state index in [1.807, 2.05) is 0 Å². The molecule has 16 heteroatoms. The number of aromatic nitrogens is 5. The maximum Gasteiger partial charge on any atom is 0.277 e. The summed E-state index contributed by atoms with van der Waals surface area (Å²) in [4.78, 5) is 76.7. The number of rotatable bonds is 0. The molecule has 2 saturated carbocycles. The second-order valence-corrected chi connectivity index (χ2v) is 14.8. The first-order valence-corrected chi connectivity index (χ1v) is 18.0. The number of nitrogens with one attached hydrogen (secondary N) is 4. The second-order valence-electron chi connectivity index (χ2n) is 14.8. The van der Waals surface area contributed by atoms with E-state index < -0.39 is 17.7 Å². The number of hydrogen-bond acceptors (Lipinski definition) is 10. The van der Waals surface area contributed by atoms with Gasteiger partial charge in [0.05, 0.1) is 16.3 Å². The zero-order valence-corrected chi connectivity index (χ0v) is 33.0. The number of nitrogens with two attached hydrogens (primary N) is 2. The van der Waals surface area contributed by atoms with Gasteiger partial charge in [-0.15, -0.1) is 0 Å². The van der Waals surface area contributed by atoms with E-state index in [9.17, 15) is 24.0 Å². The van der Waals surface area contributed by atoms with Crippen molar-refractivity contribution in [1.29, 1.82) is 0 Å². The van der Waals surface area contributed by atoms with Gasteiger partial charge in [-0.1, -0.05) is 20.3 Å². The fourth-order valence-electron chi connectivity index (χ4n) is 9.21. The van der Waals surface area contributed by atoms with E-state index in [2.05, 4.69) is 30.9 Å². The monoisotopic (exact) mass is 798 g/mol. The van der Waals surface area contributed by atoms with Crippen LogP contribution in [-0.2, 0) is 37.2 Å². The number of carbonyl (C=O) groups is 2. The van der Waals surface area contributed by atoms with Crippen LogP contribution in [0.25, 0.3) is 21.8 Å². The smallest absolute Gasteiger partial charge is 0.277 e. The fraction of sp³-hybridized carbons (Fsp3) is 0.410. The van der Waals surface area contributed by atoms with Crippen molar-refractivity contribution < 1.29 is 31.8 Å². The van der Waals surface area contributed by atoms with Crippen LogP contribution in [0.1, 0.15) is 118 Å². The number of pyridine rings is 5. The number of hydrogen-bond donors (Lipinski definition) is 6. The summed E-state index contributed by atoms with van der Waals surface area (Å²) < 4.78 is 20.6. The molecule has 5 aromatic heterocycles. The molecular formula is C39H44N10O5Zn. The number of aromatic amines is 1. The van der Waals surface area contributed by atoms with Crippen molar-refractivity contribution in [3.8, 4) is 0 Å². The molecular weight excluding hydrogens is 754 g/mol. The standard InChI is InChI=1S/C19H19N5O3.C19H21N5O2.CH4.Zn/c1-9-13-14(22-11-7-12(20)21-8-10(11)16(13)25)18(27)24-15(9)17(26)23-19(24)5-3-2-4-6-19;1-10-12-7-11-9-21-14(20)8-13(11)22-15(12)18(26)24-16(10)17(25)23-19(24)5-3-2-4-6-19;;/h7-8H,2-6H2,1H3,(H2,20,21)(H,22,25)(H,23,26);8-9,22H,2-7H2,1H3,(H2,20,21)(H,23,25);1H4;/i;7D2;;. The summed E-state index contributed by atoms with van der Waals surface area (Å²) in [5, 5.41) is 9.74. The number of fused-ring (bicyclic) bond motifs is 8. The third kappa shape index (κ3) is 5.50. The largest absolute Gasteiger partial charge is 0.384 e. The summed E-state index contributed by atoms with van der Waals surface area (Å²) in [5.74, 6) is -0.0974. The first kappa shape index (κ1) is 35.3. The van der Waals surface area contributed by atoms with Crippen molar-refractivity contribution in [3.63, 3.8) is 0 Å². The molecule has 2 amide bonds. The minimum absolute atomic E-state index is 0. The van der Waals surface area contributed by atoms with E-state index in [-0.39, 0.29) is 94.7 Å². The predicted octanol–water partition coefficient (Wildman–Crippen LogP) is 4.26. The molecule has 2 aliphatic carbocycles. The number of aryl methyl sites for hydroxylation is 1. The van der Waals surface area contributed by atoms with Gasteiger partial charge in [0, 0.05) is 58.8 Å². The van der Waals surface area contributed by atoms with Gasteiger partial charge in [-0.05, 0) is 87.5 Å². The molecule has 8 heterocycles. The zero-order chi connectivity index (χ0) is 38.8. The van der Waals surface area contributed by atoms with Crippen LogP contribution in [0, 0.1) is 13.8 Å². The van der Waals surface area contributed by atoms with Crippen molar-refractivity contribution in [2.75, 3.05) is 16.8 Å². The van der Waals surface area contributed by atoms with Gasteiger partial charge in [-0.2, -0.15) is 0 Å². The molecule has 10 rings (SSSR count). The molecule has 15 nitrogen and oxygen atoms in total. The zero-order valence-electron chi connectivity index (χ0n) is 32.1. The first-order valence-electron chi connectivity index (χ1n) is 19.0. The molecule has 5 aromatic rings. The molecule has 0 aromatic carbocycles. The number of amides is 2. The van der Waals surface area contributed by atoms with Crippen LogP contribution in [0.2, 0.25) is 0 Å². The molecule has 3 aliphatic heterocycles. The molecule has 8 N–H and O–H groups in total. The topological polar surface area (TPSA) is 225 Å². The summed E-state index contributed by atoms with van der Waals surface area (Å²) in [6.45, 7) is 3.43. The van der Waals surface area contributed by atoms with Crippen molar-refractivity contribution >= 4 is 56.6 Å². The summed E-state index contributed by atoms with van der Waals surface area (Å²) in [5.41, 5.74) is 12.4. The molecule has 0 bridgehead atoms. The Hall–Kier alpha value is -5.37. The van der Waals surface area contributed by atoms with Gasteiger partial charge in [0.25, 0.3) is 22.9 Å². The SMILES string of the molecule is C.Cc1c2n(c(=O)c3[nH]c4cc(N)ncc4c(=O)c13)C1(CCCCC1)NC2=O.[2H]C1([2H])c2cnc(N)cc2Nc2c1c(C)c1n(c2=O)C2(CCCCC2)NC1=O.[Zn]. The third-order valence-corrected chi connectivity index (χ3v) is 11.7.